The van der Waals surface area contributed by atoms with Gasteiger partial charge in [-0.1, -0.05) is 30.2 Å². The number of hydrogen-bond acceptors (Lipinski definition) is 0. The summed E-state index contributed by atoms with van der Waals surface area (Å²) in [7, 11) is 0. The van der Waals surface area contributed by atoms with Gasteiger partial charge < -0.3 is 0 Å². The lowest BCUT2D eigenvalue weighted by Crippen LogP contribution is -2.05. The highest BCUT2D eigenvalue weighted by Crippen LogP contribution is 2.45. The molecule has 0 amide bonds. The number of aryl methyl sites for hydroxylation is 2. The molecule has 1 fully saturated rings. The summed E-state index contributed by atoms with van der Waals surface area (Å²) in [6.45, 7) is 2.23. The highest BCUT2D eigenvalue weighted by Gasteiger charge is 2.31. The number of hydrogen-bond donors (Lipinski definition) is 0. The quantitative estimate of drug-likeness (QED) is 0.588. The maximum absolute atomic E-state index is 2.46. The SMILES string of the molecule is Cc1ccc2c(c1)C1CCCC1CCC2. The van der Waals surface area contributed by atoms with Crippen molar-refractivity contribution in [2.24, 2.45) is 5.92 Å². The number of benzene rings is 1. The van der Waals surface area contributed by atoms with Gasteiger partial charge in [-0.3, -0.25) is 0 Å². The minimum absolute atomic E-state index is 0.905. The van der Waals surface area contributed by atoms with Crippen molar-refractivity contribution in [1.82, 2.24) is 0 Å². The van der Waals surface area contributed by atoms with Gasteiger partial charge in [0.2, 0.25) is 0 Å². The van der Waals surface area contributed by atoms with E-state index in [1.807, 2.05) is 0 Å². The molecule has 0 heteroatoms. The first-order chi connectivity index (χ1) is 7.34. The molecule has 0 spiro atoms. The van der Waals surface area contributed by atoms with Gasteiger partial charge in [-0.25, -0.2) is 0 Å². The maximum atomic E-state index is 2.46. The van der Waals surface area contributed by atoms with Gasteiger partial charge in [0.05, 0.1) is 0 Å². The monoisotopic (exact) mass is 200 g/mol. The van der Waals surface area contributed by atoms with Crippen LogP contribution in [0.2, 0.25) is 0 Å². The van der Waals surface area contributed by atoms with E-state index in [-0.39, 0.29) is 0 Å². The van der Waals surface area contributed by atoms with Crippen molar-refractivity contribution in [3.63, 3.8) is 0 Å². The minimum atomic E-state index is 0.905. The molecule has 1 saturated carbocycles. The summed E-state index contributed by atoms with van der Waals surface area (Å²) in [6.07, 6.45) is 8.60. The zero-order valence-corrected chi connectivity index (χ0v) is 9.63. The minimum Gasteiger partial charge on any atom is -0.0590 e. The topological polar surface area (TPSA) is 0 Å². The second-order valence-electron chi connectivity index (χ2n) is 5.39. The Morgan fingerprint density at radius 2 is 1.93 bits per heavy atom. The first-order valence-electron chi connectivity index (χ1n) is 6.44. The van der Waals surface area contributed by atoms with Crippen LogP contribution in [0.1, 0.15) is 54.7 Å². The van der Waals surface area contributed by atoms with Crippen molar-refractivity contribution in [3.05, 3.63) is 34.9 Å². The molecular formula is C15H20. The lowest BCUT2D eigenvalue weighted by molar-refractivity contribution is 0.451. The molecule has 1 aromatic carbocycles. The molecule has 0 radical (unpaired) electrons. The summed E-state index contributed by atoms with van der Waals surface area (Å²) in [4.78, 5) is 0. The van der Waals surface area contributed by atoms with Crippen LogP contribution < -0.4 is 0 Å². The van der Waals surface area contributed by atoms with Crippen molar-refractivity contribution in [1.29, 1.82) is 0 Å². The van der Waals surface area contributed by atoms with Crippen molar-refractivity contribution in [2.75, 3.05) is 0 Å². The van der Waals surface area contributed by atoms with Crippen LogP contribution in [0.15, 0.2) is 18.2 Å². The molecular weight excluding hydrogens is 180 g/mol. The van der Waals surface area contributed by atoms with Gasteiger partial charge in [0.1, 0.15) is 0 Å². The number of fused-ring (bicyclic) bond motifs is 3. The maximum Gasteiger partial charge on any atom is -0.0131 e. The van der Waals surface area contributed by atoms with E-state index in [0.29, 0.717) is 0 Å². The van der Waals surface area contributed by atoms with Crippen LogP contribution in [0.4, 0.5) is 0 Å². The largest absolute Gasteiger partial charge is 0.0590 e. The van der Waals surface area contributed by atoms with E-state index in [1.54, 1.807) is 11.1 Å². The van der Waals surface area contributed by atoms with Crippen LogP contribution in [0.5, 0.6) is 0 Å². The number of rotatable bonds is 0. The Morgan fingerprint density at radius 1 is 1.07 bits per heavy atom. The molecule has 2 aliphatic rings. The molecule has 2 unspecified atom stereocenters. The van der Waals surface area contributed by atoms with E-state index in [9.17, 15) is 0 Å². The van der Waals surface area contributed by atoms with Crippen LogP contribution in [0.25, 0.3) is 0 Å². The highest BCUT2D eigenvalue weighted by molar-refractivity contribution is 5.36. The zero-order valence-electron chi connectivity index (χ0n) is 9.63. The van der Waals surface area contributed by atoms with Gasteiger partial charge in [0, 0.05) is 0 Å². The Morgan fingerprint density at radius 3 is 2.87 bits per heavy atom. The molecule has 0 heterocycles. The molecule has 0 N–H and O–H groups in total. The van der Waals surface area contributed by atoms with E-state index in [4.69, 9.17) is 0 Å². The first kappa shape index (κ1) is 9.45. The smallest absolute Gasteiger partial charge is 0.0131 e. The van der Waals surface area contributed by atoms with Crippen LogP contribution in [-0.4, -0.2) is 0 Å². The van der Waals surface area contributed by atoms with Crippen molar-refractivity contribution in [2.45, 2.75) is 51.4 Å². The third kappa shape index (κ3) is 1.60. The van der Waals surface area contributed by atoms with Crippen LogP contribution in [-0.2, 0) is 6.42 Å². The fourth-order valence-electron chi connectivity index (χ4n) is 3.63. The second kappa shape index (κ2) is 3.66. The Bertz CT molecular complexity index is 364. The molecule has 0 nitrogen and oxygen atoms in total. The third-order valence-corrected chi connectivity index (χ3v) is 4.38. The standard InChI is InChI=1S/C15H20/c1-11-8-9-13-5-2-4-12-6-3-7-14(12)15(13)10-11/h8-10,12,14H,2-7H2,1H3. The molecule has 0 aliphatic heterocycles. The second-order valence-corrected chi connectivity index (χ2v) is 5.39. The van der Waals surface area contributed by atoms with Gasteiger partial charge in [-0.05, 0) is 62.0 Å². The summed E-state index contributed by atoms with van der Waals surface area (Å²) in [5.41, 5.74) is 4.80. The van der Waals surface area contributed by atoms with Crippen LogP contribution in [0, 0.1) is 12.8 Å². The van der Waals surface area contributed by atoms with E-state index >= 15 is 0 Å². The Balaban J connectivity index is 2.06. The molecule has 15 heavy (non-hydrogen) atoms. The summed E-state index contributed by atoms with van der Waals surface area (Å²) in [5, 5.41) is 0. The van der Waals surface area contributed by atoms with Gasteiger partial charge in [0.25, 0.3) is 0 Å². The average Bonchev–Trinajstić information content (AvgIpc) is 2.62. The first-order valence-corrected chi connectivity index (χ1v) is 6.44. The van der Waals surface area contributed by atoms with Crippen LogP contribution in [0.3, 0.4) is 0 Å². The molecule has 80 valence electrons. The fourth-order valence-corrected chi connectivity index (χ4v) is 3.63. The summed E-state index contributed by atoms with van der Waals surface area (Å²) >= 11 is 0. The Kier molecular flexibility index (Phi) is 2.31. The van der Waals surface area contributed by atoms with E-state index in [1.165, 1.54) is 44.1 Å². The van der Waals surface area contributed by atoms with Crippen LogP contribution >= 0.6 is 0 Å². The predicted octanol–water partition coefficient (Wildman–Crippen LogP) is 4.22. The zero-order chi connectivity index (χ0) is 10.3. The van der Waals surface area contributed by atoms with E-state index in [0.717, 1.165) is 11.8 Å². The molecule has 3 rings (SSSR count). The molecule has 1 aromatic rings. The molecule has 0 bridgehead atoms. The van der Waals surface area contributed by atoms with Crippen molar-refractivity contribution < 1.29 is 0 Å². The summed E-state index contributed by atoms with van der Waals surface area (Å²) in [6, 6.07) is 7.13. The van der Waals surface area contributed by atoms with Gasteiger partial charge in [-0.15, -0.1) is 0 Å². The third-order valence-electron chi connectivity index (χ3n) is 4.38. The van der Waals surface area contributed by atoms with E-state index in [2.05, 4.69) is 25.1 Å². The predicted molar refractivity (Wildman–Crippen MR) is 64.2 cm³/mol. The molecule has 2 atom stereocenters. The fraction of sp³-hybridized carbons (Fsp3) is 0.600. The van der Waals surface area contributed by atoms with Gasteiger partial charge >= 0.3 is 0 Å². The van der Waals surface area contributed by atoms with Gasteiger partial charge in [0.15, 0.2) is 0 Å². The highest BCUT2D eigenvalue weighted by atomic mass is 14.4. The Labute approximate surface area is 92.7 Å². The van der Waals surface area contributed by atoms with Gasteiger partial charge in [-0.2, -0.15) is 0 Å². The molecule has 0 aromatic heterocycles. The molecule has 0 saturated heterocycles. The van der Waals surface area contributed by atoms with E-state index < -0.39 is 0 Å². The lowest BCUT2D eigenvalue weighted by Gasteiger charge is -2.19. The van der Waals surface area contributed by atoms with Crippen molar-refractivity contribution >= 4 is 0 Å². The Hall–Kier alpha value is -0.780. The summed E-state index contributed by atoms with van der Waals surface area (Å²) < 4.78 is 0. The lowest BCUT2D eigenvalue weighted by atomic mass is 9.86. The average molecular weight is 200 g/mol. The molecule has 2 aliphatic carbocycles. The normalized spacial score (nSPS) is 29.4. The summed E-state index contributed by atoms with van der Waals surface area (Å²) in [5.74, 6) is 1.91. The van der Waals surface area contributed by atoms with Crippen molar-refractivity contribution in [3.8, 4) is 0 Å².